The fourth-order valence-corrected chi connectivity index (χ4v) is 8.75. The zero-order valence-electron chi connectivity index (χ0n) is 41.9. The number of aliphatic hydroxyl groups is 2. The smallest absolute Gasteiger partial charge is 0.305 e. The summed E-state index contributed by atoms with van der Waals surface area (Å²) >= 11 is 0. The van der Waals surface area contributed by atoms with E-state index in [1.54, 1.807) is 6.08 Å². The summed E-state index contributed by atoms with van der Waals surface area (Å²) in [6, 6.07) is -0.641. The fraction of sp³-hybridized carbons (Fsp3) is 0.929. The van der Waals surface area contributed by atoms with Crippen molar-refractivity contribution in [3.8, 4) is 0 Å². The summed E-state index contributed by atoms with van der Waals surface area (Å²) in [6.07, 6.45) is 60.8. The number of ether oxygens (including phenoxy) is 1. The summed E-state index contributed by atoms with van der Waals surface area (Å²) in [7, 11) is 0. The molecule has 0 aromatic heterocycles. The number of carbonyl (C=O) groups is 2. The van der Waals surface area contributed by atoms with Crippen LogP contribution in [0.4, 0.5) is 0 Å². The zero-order valence-corrected chi connectivity index (χ0v) is 41.9. The Morgan fingerprint density at radius 2 is 0.742 bits per heavy atom. The Balaban J connectivity index is 3.49. The normalized spacial score (nSPS) is 12.6. The van der Waals surface area contributed by atoms with Crippen LogP contribution in [0.5, 0.6) is 0 Å². The number of nitrogens with one attached hydrogen (secondary N) is 1. The van der Waals surface area contributed by atoms with Crippen LogP contribution in [-0.2, 0) is 14.3 Å². The van der Waals surface area contributed by atoms with Crippen LogP contribution in [0.15, 0.2) is 12.2 Å². The van der Waals surface area contributed by atoms with Gasteiger partial charge in [0.2, 0.25) is 5.91 Å². The minimum absolute atomic E-state index is 0.0124. The number of esters is 1. The van der Waals surface area contributed by atoms with Gasteiger partial charge in [0, 0.05) is 12.8 Å². The molecule has 0 heterocycles. The lowest BCUT2D eigenvalue weighted by Crippen LogP contribution is -2.45. The molecule has 3 N–H and O–H groups in total. The molecule has 1 amide bonds. The average molecular weight is 876 g/mol. The first-order valence-corrected chi connectivity index (χ1v) is 28.0. The summed E-state index contributed by atoms with van der Waals surface area (Å²) in [5, 5.41) is 23.1. The summed E-state index contributed by atoms with van der Waals surface area (Å²) in [6.45, 7) is 4.88. The molecule has 2 unspecified atom stereocenters. The Bertz CT molecular complexity index is 924. The van der Waals surface area contributed by atoms with E-state index in [1.807, 2.05) is 6.08 Å². The number of unbranched alkanes of at least 4 members (excludes halogenated alkanes) is 41. The molecule has 0 rings (SSSR count). The largest absolute Gasteiger partial charge is 0.466 e. The van der Waals surface area contributed by atoms with Gasteiger partial charge in [0.1, 0.15) is 0 Å². The minimum Gasteiger partial charge on any atom is -0.466 e. The third-order valence-electron chi connectivity index (χ3n) is 13.1. The number of amides is 1. The Morgan fingerprint density at radius 3 is 1.10 bits per heavy atom. The van der Waals surface area contributed by atoms with Crippen molar-refractivity contribution in [2.24, 2.45) is 0 Å². The number of allylic oxidation sites excluding steroid dienone is 1. The first-order chi connectivity index (χ1) is 30.5. The van der Waals surface area contributed by atoms with Gasteiger partial charge in [-0.2, -0.15) is 0 Å². The van der Waals surface area contributed by atoms with Crippen molar-refractivity contribution in [1.29, 1.82) is 0 Å². The number of aliphatic hydroxyl groups excluding tert-OH is 2. The van der Waals surface area contributed by atoms with E-state index >= 15 is 0 Å². The lowest BCUT2D eigenvalue weighted by Gasteiger charge is -2.20. The van der Waals surface area contributed by atoms with Crippen LogP contribution in [0.25, 0.3) is 0 Å². The lowest BCUT2D eigenvalue weighted by atomic mass is 10.0. The van der Waals surface area contributed by atoms with E-state index in [0.717, 1.165) is 57.8 Å². The highest BCUT2D eigenvalue weighted by Crippen LogP contribution is 2.17. The van der Waals surface area contributed by atoms with E-state index in [4.69, 9.17) is 4.74 Å². The number of hydrogen-bond donors (Lipinski definition) is 3. The van der Waals surface area contributed by atoms with Crippen LogP contribution >= 0.6 is 0 Å². The predicted octanol–water partition coefficient (Wildman–Crippen LogP) is 16.9. The van der Waals surface area contributed by atoms with E-state index in [0.29, 0.717) is 19.4 Å². The molecule has 0 aliphatic rings. The molecule has 0 bridgehead atoms. The summed E-state index contributed by atoms with van der Waals surface area (Å²) < 4.78 is 5.46. The standard InChI is InChI=1S/C56H109NO5/c1-3-5-7-9-11-13-15-17-19-20-21-22-23-24-25-28-32-36-40-44-48-54(59)53(52-58)57-55(60)49-45-41-37-33-29-27-31-35-39-43-47-51-62-56(61)50-46-42-38-34-30-26-18-16-14-12-10-8-6-4-2/h44,48,53-54,58-59H,3-43,45-47,49-52H2,1-2H3,(H,57,60)/b48-44+. The summed E-state index contributed by atoms with van der Waals surface area (Å²) in [5.74, 6) is -0.0960. The highest BCUT2D eigenvalue weighted by Gasteiger charge is 2.18. The van der Waals surface area contributed by atoms with Gasteiger partial charge in [-0.1, -0.05) is 276 Å². The van der Waals surface area contributed by atoms with Gasteiger partial charge in [-0.15, -0.1) is 0 Å². The molecule has 0 fully saturated rings. The Morgan fingerprint density at radius 1 is 0.435 bits per heavy atom. The van der Waals surface area contributed by atoms with E-state index < -0.39 is 12.1 Å². The van der Waals surface area contributed by atoms with Crippen LogP contribution < -0.4 is 5.32 Å². The molecule has 0 spiro atoms. The van der Waals surface area contributed by atoms with Gasteiger partial charge >= 0.3 is 5.97 Å². The lowest BCUT2D eigenvalue weighted by molar-refractivity contribution is -0.143. The topological polar surface area (TPSA) is 95.9 Å². The van der Waals surface area contributed by atoms with E-state index in [2.05, 4.69) is 19.2 Å². The fourth-order valence-electron chi connectivity index (χ4n) is 8.75. The number of rotatable bonds is 52. The van der Waals surface area contributed by atoms with Crippen molar-refractivity contribution >= 4 is 11.9 Å². The third kappa shape index (κ3) is 48.1. The van der Waals surface area contributed by atoms with E-state index in [1.165, 1.54) is 225 Å². The summed E-state index contributed by atoms with van der Waals surface area (Å²) in [4.78, 5) is 24.5. The van der Waals surface area contributed by atoms with Crippen molar-refractivity contribution in [2.45, 2.75) is 321 Å². The second-order valence-electron chi connectivity index (χ2n) is 19.3. The quantitative estimate of drug-likeness (QED) is 0.0321. The van der Waals surface area contributed by atoms with Gasteiger partial charge in [0.25, 0.3) is 0 Å². The van der Waals surface area contributed by atoms with Crippen LogP contribution in [-0.4, -0.2) is 47.4 Å². The van der Waals surface area contributed by atoms with E-state index in [9.17, 15) is 19.8 Å². The van der Waals surface area contributed by atoms with Crippen molar-refractivity contribution in [3.63, 3.8) is 0 Å². The first kappa shape index (κ1) is 60.6. The Kier molecular flexibility index (Phi) is 51.0. The minimum atomic E-state index is -0.856. The van der Waals surface area contributed by atoms with Crippen molar-refractivity contribution in [3.05, 3.63) is 12.2 Å². The molecule has 0 aliphatic heterocycles. The van der Waals surface area contributed by atoms with Gasteiger partial charge in [0.05, 0.1) is 25.4 Å². The maximum Gasteiger partial charge on any atom is 0.305 e. The maximum absolute atomic E-state index is 12.5. The Hall–Kier alpha value is -1.40. The SMILES string of the molecule is CCCCCCCCCCCCCCCCCCCC/C=C/C(O)C(CO)NC(=O)CCCCCCCCCCCCCOC(=O)CCCCCCCCCCCCCCCC. The van der Waals surface area contributed by atoms with Gasteiger partial charge in [-0.05, 0) is 32.1 Å². The molecule has 0 aromatic rings. The molecule has 6 nitrogen and oxygen atoms in total. The molecule has 368 valence electrons. The molecule has 0 saturated heterocycles. The highest BCUT2D eigenvalue weighted by atomic mass is 16.5. The second-order valence-corrected chi connectivity index (χ2v) is 19.3. The first-order valence-electron chi connectivity index (χ1n) is 28.0. The summed E-state index contributed by atoms with van der Waals surface area (Å²) in [5.41, 5.74) is 0. The third-order valence-corrected chi connectivity index (χ3v) is 13.1. The van der Waals surface area contributed by atoms with Gasteiger partial charge in [0.15, 0.2) is 0 Å². The van der Waals surface area contributed by atoms with Crippen LogP contribution in [0.2, 0.25) is 0 Å². The molecule has 0 saturated carbocycles. The van der Waals surface area contributed by atoms with Crippen LogP contribution in [0, 0.1) is 0 Å². The Labute approximate surface area is 387 Å². The predicted molar refractivity (Wildman–Crippen MR) is 269 cm³/mol. The average Bonchev–Trinajstić information content (AvgIpc) is 3.27. The molecule has 0 aromatic carbocycles. The van der Waals surface area contributed by atoms with Gasteiger partial charge in [-0.3, -0.25) is 9.59 Å². The monoisotopic (exact) mass is 876 g/mol. The second kappa shape index (κ2) is 52.2. The molecule has 0 radical (unpaired) electrons. The van der Waals surface area contributed by atoms with Crippen molar-refractivity contribution in [1.82, 2.24) is 5.32 Å². The molecular weight excluding hydrogens is 767 g/mol. The van der Waals surface area contributed by atoms with Crippen LogP contribution in [0.3, 0.4) is 0 Å². The highest BCUT2D eigenvalue weighted by molar-refractivity contribution is 5.76. The number of hydrogen-bond acceptors (Lipinski definition) is 5. The number of carbonyl (C=O) groups excluding carboxylic acids is 2. The molecule has 0 aliphatic carbocycles. The van der Waals surface area contributed by atoms with Crippen molar-refractivity contribution < 1.29 is 24.5 Å². The van der Waals surface area contributed by atoms with Gasteiger partial charge < -0.3 is 20.3 Å². The van der Waals surface area contributed by atoms with Crippen LogP contribution in [0.1, 0.15) is 309 Å². The zero-order chi connectivity index (χ0) is 45.1. The molecule has 62 heavy (non-hydrogen) atoms. The van der Waals surface area contributed by atoms with Crippen molar-refractivity contribution in [2.75, 3.05) is 13.2 Å². The molecule has 6 heteroatoms. The maximum atomic E-state index is 12.5. The molecular formula is C56H109NO5. The van der Waals surface area contributed by atoms with E-state index in [-0.39, 0.29) is 18.5 Å². The van der Waals surface area contributed by atoms with Gasteiger partial charge in [-0.25, -0.2) is 0 Å². The molecule has 2 atom stereocenters.